The van der Waals surface area contributed by atoms with Crippen LogP contribution in [-0.2, 0) is 10.0 Å². The molecule has 5 heteroatoms. The van der Waals surface area contributed by atoms with Crippen LogP contribution in [0.3, 0.4) is 0 Å². The second kappa shape index (κ2) is 3.93. The first-order valence-electron chi connectivity index (χ1n) is 6.72. The lowest BCUT2D eigenvalue weighted by Crippen LogP contribution is -2.50. The van der Waals surface area contributed by atoms with Crippen molar-refractivity contribution in [1.29, 1.82) is 0 Å². The van der Waals surface area contributed by atoms with Gasteiger partial charge in [0, 0.05) is 18.5 Å². The molecule has 1 aliphatic heterocycles. The van der Waals surface area contributed by atoms with Crippen molar-refractivity contribution in [2.24, 2.45) is 5.41 Å². The average Bonchev–Trinajstić information content (AvgIpc) is 3.09. The fourth-order valence-corrected chi connectivity index (χ4v) is 5.48. The standard InChI is InChI=1S/C12H21NO3S/c14-11-3-1-6-12(11)7-2-8-13(9-12)17(15,16)10-4-5-10/h10-11,14H,1-9H2/t11-,12+/m1/s1. The van der Waals surface area contributed by atoms with Crippen LogP contribution in [-0.4, -0.2) is 42.3 Å². The van der Waals surface area contributed by atoms with Gasteiger partial charge in [-0.1, -0.05) is 6.42 Å². The zero-order valence-electron chi connectivity index (χ0n) is 10.1. The van der Waals surface area contributed by atoms with Crippen LogP contribution in [0.1, 0.15) is 44.9 Å². The Balaban J connectivity index is 1.80. The van der Waals surface area contributed by atoms with Crippen LogP contribution in [0, 0.1) is 5.41 Å². The highest BCUT2D eigenvalue weighted by atomic mass is 32.2. The van der Waals surface area contributed by atoms with Crippen molar-refractivity contribution < 1.29 is 13.5 Å². The summed E-state index contributed by atoms with van der Waals surface area (Å²) < 4.78 is 26.1. The number of rotatable bonds is 2. The smallest absolute Gasteiger partial charge is 0.217 e. The zero-order valence-corrected chi connectivity index (χ0v) is 11.0. The van der Waals surface area contributed by atoms with Crippen LogP contribution in [0.5, 0.6) is 0 Å². The number of sulfonamides is 1. The predicted octanol–water partition coefficient (Wildman–Crippen LogP) is 1.11. The van der Waals surface area contributed by atoms with Gasteiger partial charge in [-0.25, -0.2) is 12.7 Å². The molecule has 2 atom stereocenters. The van der Waals surface area contributed by atoms with Crippen molar-refractivity contribution in [3.05, 3.63) is 0 Å². The number of hydrogen-bond donors (Lipinski definition) is 1. The van der Waals surface area contributed by atoms with Gasteiger partial charge in [-0.3, -0.25) is 0 Å². The number of nitrogens with zero attached hydrogens (tertiary/aromatic N) is 1. The van der Waals surface area contributed by atoms with Crippen molar-refractivity contribution in [2.75, 3.05) is 13.1 Å². The Labute approximate surface area is 103 Å². The molecule has 0 radical (unpaired) electrons. The van der Waals surface area contributed by atoms with Gasteiger partial charge in [-0.05, 0) is 38.5 Å². The summed E-state index contributed by atoms with van der Waals surface area (Å²) >= 11 is 0. The highest BCUT2D eigenvalue weighted by molar-refractivity contribution is 7.90. The minimum absolute atomic E-state index is 0.115. The number of hydrogen-bond acceptors (Lipinski definition) is 3. The molecule has 1 saturated heterocycles. The Kier molecular flexibility index (Phi) is 2.76. The molecule has 3 rings (SSSR count). The normalized spacial score (nSPS) is 39.9. The van der Waals surface area contributed by atoms with Gasteiger partial charge in [0.05, 0.1) is 11.4 Å². The molecular formula is C12H21NO3S. The van der Waals surface area contributed by atoms with E-state index in [1.807, 2.05) is 0 Å². The van der Waals surface area contributed by atoms with Gasteiger partial charge >= 0.3 is 0 Å². The molecule has 0 bridgehead atoms. The fourth-order valence-electron chi connectivity index (χ4n) is 3.51. The Hall–Kier alpha value is -0.130. The Morgan fingerprint density at radius 3 is 2.41 bits per heavy atom. The van der Waals surface area contributed by atoms with Gasteiger partial charge in [0.15, 0.2) is 0 Å². The van der Waals surface area contributed by atoms with Gasteiger partial charge < -0.3 is 5.11 Å². The van der Waals surface area contributed by atoms with Crippen molar-refractivity contribution in [3.8, 4) is 0 Å². The maximum absolute atomic E-state index is 12.2. The monoisotopic (exact) mass is 259 g/mol. The van der Waals surface area contributed by atoms with Crippen LogP contribution in [0.4, 0.5) is 0 Å². The fraction of sp³-hybridized carbons (Fsp3) is 1.00. The van der Waals surface area contributed by atoms with Crippen molar-refractivity contribution in [2.45, 2.75) is 56.3 Å². The first-order chi connectivity index (χ1) is 8.05. The summed E-state index contributed by atoms with van der Waals surface area (Å²) in [4.78, 5) is 0. The van der Waals surface area contributed by atoms with Crippen LogP contribution in [0.25, 0.3) is 0 Å². The van der Waals surface area contributed by atoms with E-state index in [1.54, 1.807) is 4.31 Å². The summed E-state index contributed by atoms with van der Waals surface area (Å²) in [6.07, 6.45) is 6.14. The maximum Gasteiger partial charge on any atom is 0.217 e. The van der Waals surface area contributed by atoms with E-state index in [-0.39, 0.29) is 16.8 Å². The third-order valence-electron chi connectivity index (χ3n) is 4.74. The quantitative estimate of drug-likeness (QED) is 0.808. The number of piperidine rings is 1. The molecule has 4 nitrogen and oxygen atoms in total. The van der Waals surface area contributed by atoms with Crippen molar-refractivity contribution in [3.63, 3.8) is 0 Å². The average molecular weight is 259 g/mol. The van der Waals surface area contributed by atoms with Crippen LogP contribution in [0.2, 0.25) is 0 Å². The van der Waals surface area contributed by atoms with Gasteiger partial charge in [0.1, 0.15) is 0 Å². The molecular weight excluding hydrogens is 238 g/mol. The zero-order chi connectivity index (χ0) is 12.1. The van der Waals surface area contributed by atoms with Gasteiger partial charge in [-0.2, -0.15) is 0 Å². The summed E-state index contributed by atoms with van der Waals surface area (Å²) in [5.74, 6) is 0. The molecule has 17 heavy (non-hydrogen) atoms. The van der Waals surface area contributed by atoms with Gasteiger partial charge in [0.25, 0.3) is 0 Å². The maximum atomic E-state index is 12.2. The lowest BCUT2D eigenvalue weighted by molar-refractivity contribution is 0.0126. The summed E-state index contributed by atoms with van der Waals surface area (Å²) in [7, 11) is -3.05. The van der Waals surface area contributed by atoms with E-state index in [9.17, 15) is 13.5 Å². The molecule has 0 aromatic rings. The molecule has 0 amide bonds. The van der Waals surface area contributed by atoms with Gasteiger partial charge in [0.2, 0.25) is 10.0 Å². The molecule has 2 saturated carbocycles. The topological polar surface area (TPSA) is 57.6 Å². The van der Waals surface area contributed by atoms with Gasteiger partial charge in [-0.15, -0.1) is 0 Å². The second-order valence-corrected chi connectivity index (χ2v) is 8.16. The first kappa shape index (κ1) is 11.9. The molecule has 2 aliphatic carbocycles. The number of aliphatic hydroxyl groups excluding tert-OH is 1. The van der Waals surface area contributed by atoms with Crippen LogP contribution in [0.15, 0.2) is 0 Å². The van der Waals surface area contributed by atoms with Crippen LogP contribution >= 0.6 is 0 Å². The van der Waals surface area contributed by atoms with Crippen LogP contribution < -0.4 is 0 Å². The third-order valence-corrected chi connectivity index (χ3v) is 7.08. The molecule has 98 valence electrons. The molecule has 3 fully saturated rings. The Morgan fingerprint density at radius 1 is 1.12 bits per heavy atom. The minimum atomic E-state index is -3.05. The summed E-state index contributed by atoms with van der Waals surface area (Å²) in [6.45, 7) is 1.22. The van der Waals surface area contributed by atoms with E-state index in [2.05, 4.69) is 0 Å². The first-order valence-corrected chi connectivity index (χ1v) is 8.22. The summed E-state index contributed by atoms with van der Waals surface area (Å²) in [5, 5.41) is 10.0. The minimum Gasteiger partial charge on any atom is -0.392 e. The second-order valence-electron chi connectivity index (χ2n) is 5.95. The molecule has 1 spiro atoms. The summed E-state index contributed by atoms with van der Waals surface area (Å²) in [5.41, 5.74) is -0.125. The lowest BCUT2D eigenvalue weighted by atomic mass is 9.77. The predicted molar refractivity (Wildman–Crippen MR) is 65.0 cm³/mol. The van der Waals surface area contributed by atoms with E-state index in [0.29, 0.717) is 13.1 Å². The highest BCUT2D eigenvalue weighted by Gasteiger charge is 2.49. The lowest BCUT2D eigenvalue weighted by Gasteiger charge is -2.41. The van der Waals surface area contributed by atoms with E-state index in [1.165, 1.54) is 0 Å². The van der Waals surface area contributed by atoms with E-state index in [4.69, 9.17) is 0 Å². The molecule has 3 aliphatic rings. The highest BCUT2D eigenvalue weighted by Crippen LogP contribution is 2.46. The Morgan fingerprint density at radius 2 is 1.82 bits per heavy atom. The molecule has 1 N–H and O–H groups in total. The summed E-state index contributed by atoms with van der Waals surface area (Å²) in [6, 6.07) is 0. The number of aliphatic hydroxyl groups is 1. The van der Waals surface area contributed by atoms with E-state index >= 15 is 0 Å². The van der Waals surface area contributed by atoms with E-state index < -0.39 is 10.0 Å². The van der Waals surface area contributed by atoms with Crippen molar-refractivity contribution >= 4 is 10.0 Å². The van der Waals surface area contributed by atoms with Crippen molar-refractivity contribution in [1.82, 2.24) is 4.31 Å². The molecule has 0 unspecified atom stereocenters. The largest absolute Gasteiger partial charge is 0.392 e. The SMILES string of the molecule is O=S(=O)(C1CC1)N1CCC[C@@]2(CCC[C@H]2O)C1. The van der Waals surface area contributed by atoms with E-state index in [0.717, 1.165) is 44.9 Å². The molecule has 1 heterocycles. The molecule has 0 aromatic heterocycles. The molecule has 0 aromatic carbocycles. The third kappa shape index (κ3) is 1.92. The Bertz CT molecular complexity index is 404.